The molecule has 1 N–H and O–H groups in total. The minimum absolute atomic E-state index is 0.815. The number of piperidine rings is 1. The second-order valence-electron chi connectivity index (χ2n) is 7.62. The second kappa shape index (κ2) is 6.13. The molecule has 3 rings (SSSR count). The van der Waals surface area contributed by atoms with E-state index >= 15 is 0 Å². The smallest absolute Gasteiger partial charge is 0.0121 e. The van der Waals surface area contributed by atoms with Crippen molar-refractivity contribution in [2.45, 2.75) is 70.9 Å². The molecule has 0 radical (unpaired) electrons. The van der Waals surface area contributed by atoms with Crippen molar-refractivity contribution in [2.75, 3.05) is 19.6 Å². The molecule has 1 aliphatic heterocycles. The van der Waals surface area contributed by atoms with Crippen molar-refractivity contribution in [3.8, 4) is 0 Å². The van der Waals surface area contributed by atoms with Crippen LogP contribution in [0.5, 0.6) is 0 Å². The van der Waals surface area contributed by atoms with Gasteiger partial charge in [-0.2, -0.15) is 0 Å². The average Bonchev–Trinajstić information content (AvgIpc) is 3.21. The van der Waals surface area contributed by atoms with E-state index < -0.39 is 0 Å². The van der Waals surface area contributed by atoms with Gasteiger partial charge in [-0.3, -0.25) is 0 Å². The lowest BCUT2D eigenvalue weighted by molar-refractivity contribution is 0.0677. The quantitative estimate of drug-likeness (QED) is 0.838. The molecule has 0 aromatic rings. The fraction of sp³-hybridized carbons (Fsp3) is 1.00. The largest absolute Gasteiger partial charge is 0.314 e. The molecule has 2 saturated carbocycles. The Morgan fingerprint density at radius 3 is 2.32 bits per heavy atom. The molecular formula is C17H32N2. The third-order valence-electron chi connectivity index (χ3n) is 5.78. The Labute approximate surface area is 119 Å². The Morgan fingerprint density at radius 1 is 0.947 bits per heavy atom. The molecule has 0 bridgehead atoms. The van der Waals surface area contributed by atoms with Crippen molar-refractivity contribution in [3.05, 3.63) is 0 Å². The molecule has 0 spiro atoms. The van der Waals surface area contributed by atoms with Crippen molar-refractivity contribution in [1.29, 1.82) is 0 Å². The van der Waals surface area contributed by atoms with Gasteiger partial charge in [-0.15, -0.1) is 0 Å². The van der Waals surface area contributed by atoms with E-state index in [2.05, 4.69) is 24.1 Å². The van der Waals surface area contributed by atoms with Crippen LogP contribution in [0.25, 0.3) is 0 Å². The topological polar surface area (TPSA) is 15.3 Å². The Hall–Kier alpha value is -0.0800. The van der Waals surface area contributed by atoms with E-state index in [1.807, 2.05) is 0 Å². The maximum Gasteiger partial charge on any atom is 0.0121 e. The highest BCUT2D eigenvalue weighted by molar-refractivity contribution is 4.88. The van der Waals surface area contributed by atoms with Crippen LogP contribution < -0.4 is 5.32 Å². The van der Waals surface area contributed by atoms with Crippen LogP contribution in [0.2, 0.25) is 0 Å². The fourth-order valence-electron chi connectivity index (χ4n) is 4.28. The highest BCUT2D eigenvalue weighted by atomic mass is 15.2. The molecule has 3 atom stereocenters. The Balaban J connectivity index is 1.41. The lowest BCUT2D eigenvalue weighted by atomic mass is 9.78. The Bertz CT molecular complexity index is 279. The van der Waals surface area contributed by atoms with E-state index in [-0.39, 0.29) is 0 Å². The van der Waals surface area contributed by atoms with Crippen LogP contribution in [0.1, 0.15) is 58.8 Å². The van der Waals surface area contributed by atoms with Gasteiger partial charge in [0.2, 0.25) is 0 Å². The monoisotopic (exact) mass is 264 g/mol. The van der Waals surface area contributed by atoms with Crippen LogP contribution >= 0.6 is 0 Å². The zero-order valence-electron chi connectivity index (χ0n) is 12.9. The van der Waals surface area contributed by atoms with Gasteiger partial charge in [0.25, 0.3) is 0 Å². The Kier molecular flexibility index (Phi) is 4.48. The number of likely N-dealkylation sites (tertiary alicyclic amines) is 1. The first-order valence-corrected chi connectivity index (χ1v) is 8.70. The van der Waals surface area contributed by atoms with Crippen molar-refractivity contribution < 1.29 is 0 Å². The van der Waals surface area contributed by atoms with Gasteiger partial charge < -0.3 is 10.2 Å². The Morgan fingerprint density at radius 2 is 1.68 bits per heavy atom. The standard InChI is InChI=1S/C17H32N2/c1-13-3-6-17(14(2)11-13)19-9-7-16(8-10-19)18-12-15-4-5-15/h13-18H,3-12H2,1-2H3. The minimum atomic E-state index is 0.815. The summed E-state index contributed by atoms with van der Waals surface area (Å²) in [6.45, 7) is 8.89. The molecule has 19 heavy (non-hydrogen) atoms. The van der Waals surface area contributed by atoms with E-state index in [1.54, 1.807) is 0 Å². The summed E-state index contributed by atoms with van der Waals surface area (Å²) < 4.78 is 0. The molecule has 2 nitrogen and oxygen atoms in total. The van der Waals surface area contributed by atoms with Crippen LogP contribution in [0, 0.1) is 17.8 Å². The number of nitrogens with zero attached hydrogens (tertiary/aromatic N) is 1. The first-order chi connectivity index (χ1) is 9.22. The summed E-state index contributed by atoms with van der Waals surface area (Å²) in [5.74, 6) is 2.90. The summed E-state index contributed by atoms with van der Waals surface area (Å²) in [6.07, 6.45) is 10.1. The van der Waals surface area contributed by atoms with Gasteiger partial charge >= 0.3 is 0 Å². The highest BCUT2D eigenvalue weighted by Gasteiger charge is 2.32. The molecule has 0 aromatic carbocycles. The van der Waals surface area contributed by atoms with Crippen molar-refractivity contribution in [3.63, 3.8) is 0 Å². The summed E-state index contributed by atoms with van der Waals surface area (Å²) in [6, 6.07) is 1.70. The van der Waals surface area contributed by atoms with E-state index in [4.69, 9.17) is 0 Å². The van der Waals surface area contributed by atoms with Crippen molar-refractivity contribution in [2.24, 2.45) is 17.8 Å². The summed E-state index contributed by atoms with van der Waals surface area (Å²) in [4.78, 5) is 2.81. The summed E-state index contributed by atoms with van der Waals surface area (Å²) in [5.41, 5.74) is 0. The molecule has 2 aliphatic carbocycles. The molecular weight excluding hydrogens is 232 g/mol. The third-order valence-corrected chi connectivity index (χ3v) is 5.78. The van der Waals surface area contributed by atoms with Crippen LogP contribution in [0.15, 0.2) is 0 Å². The van der Waals surface area contributed by atoms with Gasteiger partial charge in [-0.05, 0) is 82.3 Å². The van der Waals surface area contributed by atoms with Gasteiger partial charge in [0, 0.05) is 12.1 Å². The summed E-state index contributed by atoms with van der Waals surface area (Å²) in [5, 5.41) is 3.80. The number of rotatable bonds is 4. The maximum absolute atomic E-state index is 3.80. The SMILES string of the molecule is CC1CCC(N2CCC(NCC3CC3)CC2)C(C)C1. The van der Waals surface area contributed by atoms with E-state index in [0.717, 1.165) is 29.8 Å². The van der Waals surface area contributed by atoms with Gasteiger partial charge in [-0.25, -0.2) is 0 Å². The lowest BCUT2D eigenvalue weighted by Gasteiger charge is -2.44. The van der Waals surface area contributed by atoms with Gasteiger partial charge in [-0.1, -0.05) is 13.8 Å². The molecule has 0 aromatic heterocycles. The zero-order chi connectivity index (χ0) is 13.2. The van der Waals surface area contributed by atoms with Gasteiger partial charge in [0.15, 0.2) is 0 Å². The zero-order valence-corrected chi connectivity index (χ0v) is 12.9. The fourth-order valence-corrected chi connectivity index (χ4v) is 4.28. The van der Waals surface area contributed by atoms with Crippen LogP contribution in [-0.4, -0.2) is 36.6 Å². The normalized spacial score (nSPS) is 38.5. The van der Waals surface area contributed by atoms with Crippen molar-refractivity contribution >= 4 is 0 Å². The minimum Gasteiger partial charge on any atom is -0.314 e. The highest BCUT2D eigenvalue weighted by Crippen LogP contribution is 2.33. The molecule has 3 aliphatic rings. The number of nitrogens with one attached hydrogen (secondary N) is 1. The number of hydrogen-bond donors (Lipinski definition) is 1. The molecule has 2 heteroatoms. The van der Waals surface area contributed by atoms with Gasteiger partial charge in [0.05, 0.1) is 0 Å². The molecule has 3 fully saturated rings. The average molecular weight is 264 g/mol. The van der Waals surface area contributed by atoms with Crippen LogP contribution in [0.3, 0.4) is 0 Å². The molecule has 1 saturated heterocycles. The van der Waals surface area contributed by atoms with Gasteiger partial charge in [0.1, 0.15) is 0 Å². The maximum atomic E-state index is 3.80. The molecule has 1 heterocycles. The van der Waals surface area contributed by atoms with E-state index in [0.29, 0.717) is 0 Å². The van der Waals surface area contributed by atoms with Crippen molar-refractivity contribution in [1.82, 2.24) is 10.2 Å². The summed E-state index contributed by atoms with van der Waals surface area (Å²) >= 11 is 0. The van der Waals surface area contributed by atoms with E-state index in [9.17, 15) is 0 Å². The molecule has 110 valence electrons. The first kappa shape index (κ1) is 13.9. The predicted molar refractivity (Wildman–Crippen MR) is 81.3 cm³/mol. The van der Waals surface area contributed by atoms with Crippen LogP contribution in [0.4, 0.5) is 0 Å². The lowest BCUT2D eigenvalue weighted by Crippen LogP contribution is -2.50. The summed E-state index contributed by atoms with van der Waals surface area (Å²) in [7, 11) is 0. The second-order valence-corrected chi connectivity index (χ2v) is 7.62. The van der Waals surface area contributed by atoms with Crippen LogP contribution in [-0.2, 0) is 0 Å². The molecule has 3 unspecified atom stereocenters. The number of hydrogen-bond acceptors (Lipinski definition) is 2. The predicted octanol–water partition coefficient (Wildman–Crippen LogP) is 3.28. The third kappa shape index (κ3) is 3.72. The first-order valence-electron chi connectivity index (χ1n) is 8.70. The van der Waals surface area contributed by atoms with E-state index in [1.165, 1.54) is 64.6 Å². The molecule has 0 amide bonds.